The Morgan fingerprint density at radius 1 is 0.471 bits per heavy atom. The summed E-state index contributed by atoms with van der Waals surface area (Å²) in [6.45, 7) is 0. The largest absolute Gasteiger partial charge is 0.457 e. The number of rotatable bonds is 5. The second kappa shape index (κ2) is 9.84. The summed E-state index contributed by atoms with van der Waals surface area (Å²) in [5.41, 5.74) is 5.54. The molecule has 0 saturated heterocycles. The van der Waals surface area contributed by atoms with Crippen LogP contribution in [0.3, 0.4) is 0 Å². The molecule has 0 atom stereocenters. The Hall–Kier alpha value is -5.36. The van der Waals surface area contributed by atoms with E-state index >= 15 is 0 Å². The zero-order valence-electron chi connectivity index (χ0n) is 18.0. The van der Waals surface area contributed by atoms with Gasteiger partial charge in [0.1, 0.15) is 35.8 Å². The average Bonchev–Trinajstić information content (AvgIpc) is 2.89. The Kier molecular flexibility index (Phi) is 6.33. The summed E-state index contributed by atoms with van der Waals surface area (Å²) in [4.78, 5) is 0. The van der Waals surface area contributed by atoms with Crippen molar-refractivity contribution < 1.29 is 4.74 Å². The molecule has 0 amide bonds. The van der Waals surface area contributed by atoms with Gasteiger partial charge in [0.2, 0.25) is 0 Å². The van der Waals surface area contributed by atoms with Gasteiger partial charge in [-0.3, -0.25) is 0 Å². The highest BCUT2D eigenvalue weighted by Gasteiger charge is 2.07. The first kappa shape index (κ1) is 21.9. The maximum atomic E-state index is 9.21. The van der Waals surface area contributed by atoms with Crippen molar-refractivity contribution in [1.82, 2.24) is 0 Å². The van der Waals surface area contributed by atoms with Crippen LogP contribution in [0.1, 0.15) is 33.4 Å². The summed E-state index contributed by atoms with van der Waals surface area (Å²) in [5, 5.41) is 36.5. The van der Waals surface area contributed by atoms with E-state index in [1.807, 2.05) is 72.8 Å². The summed E-state index contributed by atoms with van der Waals surface area (Å²) in [7, 11) is 0. The predicted molar refractivity (Wildman–Crippen MR) is 127 cm³/mol. The molecule has 0 aliphatic rings. The third-order valence-electron chi connectivity index (χ3n) is 5.34. The molecule has 0 heterocycles. The Morgan fingerprint density at radius 2 is 0.941 bits per heavy atom. The zero-order chi connectivity index (χ0) is 23.9. The van der Waals surface area contributed by atoms with Crippen molar-refractivity contribution in [2.75, 3.05) is 0 Å². The van der Waals surface area contributed by atoms with Gasteiger partial charge in [-0.1, -0.05) is 42.5 Å². The van der Waals surface area contributed by atoms with E-state index in [0.29, 0.717) is 34.6 Å². The summed E-state index contributed by atoms with van der Waals surface area (Å²) in [6.07, 6.45) is 0.669. The van der Waals surface area contributed by atoms with Gasteiger partial charge in [0.15, 0.2) is 0 Å². The number of hydrogen-bond acceptors (Lipinski definition) is 5. The molecule has 34 heavy (non-hydrogen) atoms. The molecule has 4 aromatic rings. The summed E-state index contributed by atoms with van der Waals surface area (Å²) in [5.74, 6) is 1.12. The lowest BCUT2D eigenvalue weighted by Crippen LogP contribution is -1.92. The normalized spacial score (nSPS) is 9.76. The van der Waals surface area contributed by atoms with Crippen LogP contribution in [0.2, 0.25) is 0 Å². The number of benzene rings is 4. The molecule has 5 heteroatoms. The molecule has 4 rings (SSSR count). The van der Waals surface area contributed by atoms with Crippen LogP contribution in [0.25, 0.3) is 11.1 Å². The number of ether oxygens (including phenoxy) is 1. The molecular weight excluding hydrogens is 420 g/mol. The summed E-state index contributed by atoms with van der Waals surface area (Å²) < 4.78 is 5.83. The number of nitrogens with zero attached hydrogens (tertiary/aromatic N) is 4. The second-order valence-electron chi connectivity index (χ2n) is 7.53. The molecule has 0 saturated carbocycles. The maximum Gasteiger partial charge on any atom is 0.128 e. The van der Waals surface area contributed by atoms with E-state index in [9.17, 15) is 5.26 Å². The fourth-order valence-corrected chi connectivity index (χ4v) is 3.57. The Morgan fingerprint density at radius 3 is 1.53 bits per heavy atom. The third kappa shape index (κ3) is 4.76. The molecule has 0 unspecified atom stereocenters. The first-order chi connectivity index (χ1) is 16.6. The fraction of sp³-hybridized carbons (Fsp3) is 0.0345. The van der Waals surface area contributed by atoms with E-state index < -0.39 is 0 Å². The monoisotopic (exact) mass is 436 g/mol. The zero-order valence-corrected chi connectivity index (χ0v) is 18.0. The van der Waals surface area contributed by atoms with Gasteiger partial charge in [0.25, 0.3) is 0 Å². The molecule has 0 radical (unpaired) electrons. The molecule has 0 N–H and O–H groups in total. The van der Waals surface area contributed by atoms with E-state index in [0.717, 1.165) is 22.3 Å². The maximum absolute atomic E-state index is 9.21. The van der Waals surface area contributed by atoms with Crippen LogP contribution >= 0.6 is 0 Å². The highest BCUT2D eigenvalue weighted by atomic mass is 16.5. The van der Waals surface area contributed by atoms with Gasteiger partial charge in [-0.2, -0.15) is 21.0 Å². The van der Waals surface area contributed by atoms with Crippen LogP contribution in [0.5, 0.6) is 11.5 Å². The molecule has 0 aliphatic carbocycles. The third-order valence-corrected chi connectivity index (χ3v) is 5.34. The number of hydrogen-bond donors (Lipinski definition) is 0. The fourth-order valence-electron chi connectivity index (χ4n) is 3.57. The van der Waals surface area contributed by atoms with E-state index in [2.05, 4.69) is 6.07 Å². The minimum atomic E-state index is 0.279. The smallest absolute Gasteiger partial charge is 0.128 e. The van der Waals surface area contributed by atoms with E-state index in [4.69, 9.17) is 20.5 Å². The van der Waals surface area contributed by atoms with Crippen LogP contribution in [0, 0.1) is 45.3 Å². The molecule has 0 aromatic heterocycles. The lowest BCUT2D eigenvalue weighted by molar-refractivity contribution is 0.482. The first-order valence-electron chi connectivity index (χ1n) is 10.4. The topological polar surface area (TPSA) is 104 Å². The first-order valence-corrected chi connectivity index (χ1v) is 10.4. The van der Waals surface area contributed by atoms with E-state index in [1.165, 1.54) is 0 Å². The van der Waals surface area contributed by atoms with Gasteiger partial charge in [0.05, 0.1) is 22.3 Å². The van der Waals surface area contributed by atoms with Gasteiger partial charge >= 0.3 is 0 Å². The Labute approximate surface area is 197 Å². The summed E-state index contributed by atoms with van der Waals surface area (Å²) >= 11 is 0. The van der Waals surface area contributed by atoms with Crippen molar-refractivity contribution in [3.63, 3.8) is 0 Å². The van der Waals surface area contributed by atoms with E-state index in [1.54, 1.807) is 30.3 Å². The number of nitriles is 4. The highest BCUT2D eigenvalue weighted by molar-refractivity contribution is 5.65. The van der Waals surface area contributed by atoms with Crippen LogP contribution in [-0.4, -0.2) is 0 Å². The van der Waals surface area contributed by atoms with Gasteiger partial charge in [-0.25, -0.2) is 0 Å². The Bertz CT molecular complexity index is 1410. The molecular formula is C29H16N4O. The van der Waals surface area contributed by atoms with Crippen LogP contribution in [0.4, 0.5) is 0 Å². The lowest BCUT2D eigenvalue weighted by Gasteiger charge is -2.09. The van der Waals surface area contributed by atoms with Crippen molar-refractivity contribution in [2.24, 2.45) is 0 Å². The molecule has 0 aliphatic heterocycles. The molecule has 4 aromatic carbocycles. The van der Waals surface area contributed by atoms with Crippen LogP contribution in [-0.2, 0) is 6.42 Å². The lowest BCUT2D eigenvalue weighted by atomic mass is 9.98. The minimum absolute atomic E-state index is 0.279. The van der Waals surface area contributed by atoms with Gasteiger partial charge in [0, 0.05) is 0 Å². The highest BCUT2D eigenvalue weighted by Crippen LogP contribution is 2.27. The quantitative estimate of drug-likeness (QED) is 0.369. The molecule has 158 valence electrons. The minimum Gasteiger partial charge on any atom is -0.457 e. The molecule has 0 spiro atoms. The predicted octanol–water partition coefficient (Wildman–Crippen LogP) is 6.22. The van der Waals surface area contributed by atoms with Gasteiger partial charge in [-0.05, 0) is 71.1 Å². The van der Waals surface area contributed by atoms with Crippen molar-refractivity contribution in [2.45, 2.75) is 6.42 Å². The second-order valence-corrected chi connectivity index (χ2v) is 7.53. The molecule has 0 bridgehead atoms. The summed E-state index contributed by atoms with van der Waals surface area (Å²) in [6, 6.07) is 34.0. The molecule has 0 fully saturated rings. The van der Waals surface area contributed by atoms with Crippen molar-refractivity contribution in [3.05, 3.63) is 118 Å². The SMILES string of the molecule is N#Cc1ccc(Cc2ccc(-c3ccc(Oc4ccc(C#N)c(C#N)c4)cc3)cc2)cc1C#N. The van der Waals surface area contributed by atoms with Crippen molar-refractivity contribution >= 4 is 0 Å². The molecule has 5 nitrogen and oxygen atoms in total. The van der Waals surface area contributed by atoms with Crippen molar-refractivity contribution in [1.29, 1.82) is 21.0 Å². The standard InChI is InChI=1S/C29H16N4O/c30-16-24-6-3-21(14-26(24)18-32)13-20-1-4-22(5-2-20)23-7-10-28(11-8-23)34-29-12-9-25(17-31)27(15-29)19-33/h1-12,14-15H,13H2. The van der Waals surface area contributed by atoms with E-state index in [-0.39, 0.29) is 5.56 Å². The van der Waals surface area contributed by atoms with Crippen LogP contribution in [0.15, 0.2) is 84.9 Å². The van der Waals surface area contributed by atoms with Gasteiger partial charge in [-0.15, -0.1) is 0 Å². The van der Waals surface area contributed by atoms with Crippen LogP contribution < -0.4 is 4.74 Å². The van der Waals surface area contributed by atoms with Gasteiger partial charge < -0.3 is 4.74 Å². The van der Waals surface area contributed by atoms with Crippen molar-refractivity contribution in [3.8, 4) is 46.9 Å². The Balaban J connectivity index is 1.46. The average molecular weight is 436 g/mol.